The van der Waals surface area contributed by atoms with Crippen LogP contribution in [-0.2, 0) is 11.8 Å². The molecule has 0 aromatic heterocycles. The van der Waals surface area contributed by atoms with E-state index >= 15 is 0 Å². The number of aryl methyl sites for hydroxylation is 3. The Balaban J connectivity index is 0.000000477. The molecule has 0 amide bonds. The summed E-state index contributed by atoms with van der Waals surface area (Å²) in [7, 11) is -32.0. The molecule has 428 valence electrons. The molecule has 1 atom stereocenters. The summed E-state index contributed by atoms with van der Waals surface area (Å²) in [6.45, 7) is 24.8. The van der Waals surface area contributed by atoms with Crippen LogP contribution in [0.1, 0.15) is 89.6 Å². The molecule has 0 spiro atoms. The molecule has 1 aliphatic rings. The number of allylic oxidation sites excluding steroid dienone is 4. The molecular formula is C51H62F18I3P3. The zero-order valence-corrected chi connectivity index (χ0v) is 51.8. The Morgan fingerprint density at radius 3 is 0.933 bits per heavy atom. The summed E-state index contributed by atoms with van der Waals surface area (Å²) >= 11 is -0.0405. The van der Waals surface area contributed by atoms with Crippen LogP contribution in [0.2, 0.25) is 0 Å². The summed E-state index contributed by atoms with van der Waals surface area (Å²) in [5.74, 6) is 1.43. The van der Waals surface area contributed by atoms with E-state index < -0.39 is 23.4 Å². The van der Waals surface area contributed by atoms with Gasteiger partial charge in [0.1, 0.15) is 0 Å². The average molecular weight is 1490 g/mol. The predicted octanol–water partition coefficient (Wildman–Crippen LogP) is 14.6. The summed E-state index contributed by atoms with van der Waals surface area (Å²) < 4.78 is 187. The van der Waals surface area contributed by atoms with Crippen molar-refractivity contribution in [2.45, 2.75) is 94.4 Å². The fourth-order valence-electron chi connectivity index (χ4n) is 5.64. The van der Waals surface area contributed by atoms with Gasteiger partial charge >= 0.3 is 163 Å². The molecule has 0 saturated heterocycles. The van der Waals surface area contributed by atoms with E-state index in [2.05, 4.69) is 216 Å². The van der Waals surface area contributed by atoms with Gasteiger partial charge in [0.05, 0.1) is 0 Å². The van der Waals surface area contributed by atoms with Crippen LogP contribution >= 0.6 is 23.4 Å². The summed E-state index contributed by atoms with van der Waals surface area (Å²) in [4.78, 5) is 0. The first-order valence-electron chi connectivity index (χ1n) is 22.3. The third kappa shape index (κ3) is 47.5. The van der Waals surface area contributed by atoms with Crippen molar-refractivity contribution in [2.75, 3.05) is 0 Å². The van der Waals surface area contributed by atoms with Gasteiger partial charge in [-0.15, -0.1) is 0 Å². The molecule has 0 N–H and O–H groups in total. The van der Waals surface area contributed by atoms with E-state index in [9.17, 15) is 75.5 Å². The average Bonchev–Trinajstić information content (AvgIpc) is 3.18. The van der Waals surface area contributed by atoms with Crippen molar-refractivity contribution in [3.05, 3.63) is 189 Å². The van der Waals surface area contributed by atoms with Crippen molar-refractivity contribution < 1.29 is 139 Å². The first-order chi connectivity index (χ1) is 32.9. The van der Waals surface area contributed by atoms with Crippen LogP contribution in [0.3, 0.4) is 0 Å². The van der Waals surface area contributed by atoms with Gasteiger partial charge in [0.15, 0.2) is 21.4 Å². The molecule has 0 heterocycles. The van der Waals surface area contributed by atoms with Gasteiger partial charge in [-0.3, -0.25) is 0 Å². The number of rotatable bonds is 8. The van der Waals surface area contributed by atoms with E-state index in [-0.39, 0.29) is 69.0 Å². The molecule has 5 aromatic carbocycles. The number of hydrogen-bond donors (Lipinski definition) is 0. The molecule has 0 radical (unpaired) electrons. The SMILES string of the molecule is CC(C)(C)c1ccc([I+]C2=CCC(C(C)(C)C)C=C2)cc1.Cc1ccc([I+]c2ccc(C)cc2)cc1.Cc1ccc([I+]c2ccc(CC(C)C)cc2)cc1.F[P-](F)(F)(F)(F)F.F[P-](F)(F)(F)(F)F.F[P-](F)(F)(F)(F)F. The van der Waals surface area contributed by atoms with Gasteiger partial charge in [0.25, 0.3) is 0 Å². The molecule has 75 heavy (non-hydrogen) atoms. The van der Waals surface area contributed by atoms with Crippen LogP contribution in [0, 0.1) is 55.9 Å². The van der Waals surface area contributed by atoms with Crippen LogP contribution in [0.25, 0.3) is 0 Å². The molecule has 0 bridgehead atoms. The van der Waals surface area contributed by atoms with Crippen molar-refractivity contribution in [3.63, 3.8) is 0 Å². The Labute approximate surface area is 459 Å². The van der Waals surface area contributed by atoms with E-state index in [1.807, 2.05) is 0 Å². The van der Waals surface area contributed by atoms with Crippen molar-refractivity contribution in [1.82, 2.24) is 0 Å². The van der Waals surface area contributed by atoms with Gasteiger partial charge in [-0.05, 0) is 140 Å². The number of benzene rings is 5. The second-order valence-electron chi connectivity index (χ2n) is 19.7. The first kappa shape index (κ1) is 70.8. The minimum absolute atomic E-state index is 0.00313. The summed E-state index contributed by atoms with van der Waals surface area (Å²) in [5, 5.41) is 0. The standard InChI is InChI=1S/C20H28I.C17H20I.C14H14I.3F6P/c1-19(2,3)15-7-11-17(12-8-15)21-18-13-9-16(10-14-18)20(4,5)6;1-13(2)12-15-6-10-17(11-7-15)18-16-8-4-14(3)5-9-16;1-11-3-7-13(8-4-11)15-14-9-5-12(2)6-10-14;3*1-7(2,3,4,5)6/h7-9,11-14,16H,10H2,1-6H3;4-11,13H,12H2,1-3H3;3-10H,1-2H3;;;/q3*+1;3*-1. The fourth-order valence-corrected chi connectivity index (χ4v) is 12.3. The molecule has 24 heteroatoms. The van der Waals surface area contributed by atoms with Crippen molar-refractivity contribution in [3.8, 4) is 0 Å². The van der Waals surface area contributed by atoms with Gasteiger partial charge in [-0.25, -0.2) is 0 Å². The molecular weight excluding hydrogens is 1430 g/mol. The van der Waals surface area contributed by atoms with Crippen molar-refractivity contribution in [2.24, 2.45) is 17.3 Å². The van der Waals surface area contributed by atoms with Crippen LogP contribution in [-0.4, -0.2) is 0 Å². The maximum absolute atomic E-state index is 10.7. The van der Waals surface area contributed by atoms with E-state index in [4.69, 9.17) is 0 Å². The Morgan fingerprint density at radius 1 is 0.427 bits per heavy atom. The molecule has 1 unspecified atom stereocenters. The van der Waals surface area contributed by atoms with Crippen LogP contribution in [0.5, 0.6) is 0 Å². The van der Waals surface area contributed by atoms with Crippen LogP contribution < -0.4 is 63.6 Å². The minimum atomic E-state index is -10.7. The monoisotopic (exact) mass is 1490 g/mol. The summed E-state index contributed by atoms with van der Waals surface area (Å²) in [6, 6.07) is 45.2. The van der Waals surface area contributed by atoms with Gasteiger partial charge in [0, 0.05) is 0 Å². The molecule has 6 rings (SSSR count). The van der Waals surface area contributed by atoms with E-state index in [0.29, 0.717) is 11.3 Å². The second kappa shape index (κ2) is 24.3. The third-order valence-corrected chi connectivity index (χ3v) is 17.3. The van der Waals surface area contributed by atoms with Crippen LogP contribution in [0.4, 0.5) is 75.5 Å². The maximum atomic E-state index is 9.87. The molecule has 0 nitrogen and oxygen atoms in total. The zero-order chi connectivity index (χ0) is 58.5. The van der Waals surface area contributed by atoms with Crippen molar-refractivity contribution in [1.29, 1.82) is 0 Å². The molecule has 5 aromatic rings. The number of halogens is 21. The Hall–Kier alpha value is -2.20. The molecule has 0 fully saturated rings. The van der Waals surface area contributed by atoms with E-state index in [1.165, 1.54) is 58.5 Å². The third-order valence-electron chi connectivity index (χ3n) is 9.12. The quantitative estimate of drug-likeness (QED) is 0.0825. The topological polar surface area (TPSA) is 0 Å². The molecule has 0 aliphatic heterocycles. The van der Waals surface area contributed by atoms with E-state index in [1.54, 1.807) is 3.58 Å². The second-order valence-corrected chi connectivity index (χ2v) is 34.5. The predicted molar refractivity (Wildman–Crippen MR) is 263 cm³/mol. The first-order valence-corrected chi connectivity index (χ1v) is 34.9. The van der Waals surface area contributed by atoms with Crippen LogP contribution in [0.15, 0.2) is 143 Å². The Bertz CT molecular complexity index is 2480. The van der Waals surface area contributed by atoms with Crippen molar-refractivity contribution >= 4 is 23.4 Å². The molecule has 1 aliphatic carbocycles. The van der Waals surface area contributed by atoms with Gasteiger partial charge in [-0.1, -0.05) is 139 Å². The normalized spacial score (nSPS) is 16.6. The fraction of sp³-hybridized carbons (Fsp3) is 0.333. The molecule has 0 saturated carbocycles. The summed E-state index contributed by atoms with van der Waals surface area (Å²) in [6.07, 6.45) is 9.67. The van der Waals surface area contributed by atoms with Gasteiger partial charge in [0.2, 0.25) is 0 Å². The van der Waals surface area contributed by atoms with Gasteiger partial charge < -0.3 is 0 Å². The number of hydrogen-bond acceptors (Lipinski definition) is 0. The van der Waals surface area contributed by atoms with Gasteiger partial charge in [-0.2, -0.15) is 0 Å². The summed E-state index contributed by atoms with van der Waals surface area (Å²) in [5.41, 5.74) is 7.54. The Kier molecular flexibility index (Phi) is 22.9. The Morgan fingerprint density at radius 2 is 0.693 bits per heavy atom. The zero-order valence-electron chi connectivity index (χ0n) is 42.6. The van der Waals surface area contributed by atoms with E-state index in [0.717, 1.165) is 5.92 Å².